The van der Waals surface area contributed by atoms with Gasteiger partial charge in [-0.05, 0) is 6.92 Å². The van der Waals surface area contributed by atoms with Gasteiger partial charge in [0.05, 0.1) is 6.10 Å². The first-order valence-electron chi connectivity index (χ1n) is 6.51. The third-order valence-corrected chi connectivity index (χ3v) is 1.99. The summed E-state index contributed by atoms with van der Waals surface area (Å²) in [6.07, 6.45) is -0.262. The number of nitrogens with two attached hydrogens (primary N) is 2. The molecule has 0 saturated carbocycles. The van der Waals surface area contributed by atoms with Gasteiger partial charge in [-0.2, -0.15) is 5.06 Å². The monoisotopic (exact) mass is 265 g/mol. The molecule has 0 fully saturated rings. The second-order valence-electron chi connectivity index (χ2n) is 3.93. The zero-order valence-corrected chi connectivity index (χ0v) is 11.7. The van der Waals surface area contributed by atoms with Crippen LogP contribution in [0.5, 0.6) is 0 Å². The van der Waals surface area contributed by atoms with Crippen LogP contribution in [0.2, 0.25) is 0 Å². The topological polar surface area (TPSA) is 120 Å². The molecule has 0 rings (SSSR count). The summed E-state index contributed by atoms with van der Waals surface area (Å²) < 4.78 is 0. The highest BCUT2D eigenvalue weighted by molar-refractivity contribution is 4.51. The zero-order chi connectivity index (χ0) is 14.2. The van der Waals surface area contributed by atoms with Crippen LogP contribution in [0.3, 0.4) is 0 Å². The number of likely N-dealkylation sites (N-methyl/N-ethyl adjacent to an activating group) is 1. The quantitative estimate of drug-likeness (QED) is 0.203. The van der Waals surface area contributed by atoms with E-state index >= 15 is 0 Å². The molecule has 1 atom stereocenters. The van der Waals surface area contributed by atoms with E-state index in [1.54, 1.807) is 6.92 Å². The first-order valence-corrected chi connectivity index (χ1v) is 6.51. The Morgan fingerprint density at radius 1 is 1.11 bits per heavy atom. The lowest BCUT2D eigenvalue weighted by Crippen LogP contribution is -2.32. The molecule has 0 bridgehead atoms. The minimum absolute atomic E-state index is 0.262. The number of hydrogen-bond acceptors (Lipinski definition) is 7. The van der Waals surface area contributed by atoms with Gasteiger partial charge in [-0.15, -0.1) is 0 Å². The van der Waals surface area contributed by atoms with E-state index in [0.717, 1.165) is 19.6 Å². The molecule has 8 N–H and O–H groups in total. The molecule has 0 aromatic heterocycles. The number of nitrogens with zero attached hydrogens (tertiary/aromatic N) is 1. The third-order valence-electron chi connectivity index (χ3n) is 1.99. The van der Waals surface area contributed by atoms with Crippen molar-refractivity contribution < 1.29 is 10.3 Å². The van der Waals surface area contributed by atoms with Crippen LogP contribution in [0.15, 0.2) is 0 Å². The smallest absolute Gasteiger partial charge is 0.0636 e. The van der Waals surface area contributed by atoms with Crippen LogP contribution in [-0.4, -0.2) is 73.8 Å². The molecule has 7 heteroatoms. The molecule has 7 nitrogen and oxygen atoms in total. The van der Waals surface area contributed by atoms with Gasteiger partial charge in [0.25, 0.3) is 0 Å². The maximum absolute atomic E-state index is 8.92. The van der Waals surface area contributed by atoms with Crippen LogP contribution in [-0.2, 0) is 0 Å². The highest BCUT2D eigenvalue weighted by Crippen LogP contribution is 1.75. The van der Waals surface area contributed by atoms with Crippen molar-refractivity contribution >= 4 is 0 Å². The Kier molecular flexibility index (Phi) is 18.6. The van der Waals surface area contributed by atoms with Crippen molar-refractivity contribution in [3.8, 4) is 0 Å². The lowest BCUT2D eigenvalue weighted by molar-refractivity contribution is -0.0844. The molecule has 0 aliphatic rings. The summed E-state index contributed by atoms with van der Waals surface area (Å²) in [5, 5.41) is 24.9. The van der Waals surface area contributed by atoms with E-state index in [9.17, 15) is 0 Å². The number of hydrogen-bond donors (Lipinski definition) is 6. The van der Waals surface area contributed by atoms with Gasteiger partial charge in [-0.1, -0.05) is 6.92 Å². The average molecular weight is 265 g/mol. The number of nitrogens with one attached hydrogen (secondary N) is 2. The van der Waals surface area contributed by atoms with E-state index in [-0.39, 0.29) is 6.10 Å². The first kappa shape index (κ1) is 20.0. The summed E-state index contributed by atoms with van der Waals surface area (Å²) in [5.41, 5.74) is 10.4. The molecule has 0 aliphatic carbocycles. The van der Waals surface area contributed by atoms with E-state index in [1.807, 2.05) is 6.92 Å². The Morgan fingerprint density at radius 3 is 2.11 bits per heavy atom. The summed E-state index contributed by atoms with van der Waals surface area (Å²) in [6, 6.07) is 0. The second-order valence-corrected chi connectivity index (χ2v) is 3.93. The molecule has 18 heavy (non-hydrogen) atoms. The maximum Gasteiger partial charge on any atom is 0.0636 e. The van der Waals surface area contributed by atoms with Gasteiger partial charge < -0.3 is 32.4 Å². The van der Waals surface area contributed by atoms with Gasteiger partial charge in [0.15, 0.2) is 0 Å². The predicted molar refractivity (Wildman–Crippen MR) is 74.6 cm³/mol. The second kappa shape index (κ2) is 16.7. The normalized spacial score (nSPS) is 12.2. The minimum atomic E-state index is -0.262. The largest absolute Gasteiger partial charge is 0.392 e. The van der Waals surface area contributed by atoms with E-state index < -0.39 is 0 Å². The van der Waals surface area contributed by atoms with Crippen molar-refractivity contribution in [3.63, 3.8) is 0 Å². The number of aliphatic hydroxyl groups excluding tert-OH is 1. The van der Waals surface area contributed by atoms with E-state index in [0.29, 0.717) is 32.7 Å². The molecule has 0 aliphatic heterocycles. The summed E-state index contributed by atoms with van der Waals surface area (Å²) in [4.78, 5) is 0. The van der Waals surface area contributed by atoms with Gasteiger partial charge in [-0.3, -0.25) is 0 Å². The molecular weight excluding hydrogens is 234 g/mol. The third kappa shape index (κ3) is 21.1. The van der Waals surface area contributed by atoms with E-state index in [1.165, 1.54) is 5.06 Å². The summed E-state index contributed by atoms with van der Waals surface area (Å²) >= 11 is 0. The highest BCUT2D eigenvalue weighted by atomic mass is 16.5. The lowest BCUT2D eigenvalue weighted by Gasteiger charge is -2.11. The average Bonchev–Trinajstić information content (AvgIpc) is 2.35. The van der Waals surface area contributed by atoms with Crippen molar-refractivity contribution in [1.29, 1.82) is 0 Å². The summed E-state index contributed by atoms with van der Waals surface area (Å²) in [5.74, 6) is 0. The van der Waals surface area contributed by atoms with Crippen molar-refractivity contribution in [1.82, 2.24) is 15.7 Å². The molecule has 0 aromatic rings. The van der Waals surface area contributed by atoms with Crippen LogP contribution in [0.1, 0.15) is 13.8 Å². The van der Waals surface area contributed by atoms with Gasteiger partial charge in [-0.25, -0.2) is 0 Å². The van der Waals surface area contributed by atoms with Crippen molar-refractivity contribution in [3.05, 3.63) is 0 Å². The Morgan fingerprint density at radius 2 is 1.67 bits per heavy atom. The fraction of sp³-hybridized carbons (Fsp3) is 1.00. The highest BCUT2D eigenvalue weighted by Gasteiger charge is 1.93. The zero-order valence-electron chi connectivity index (χ0n) is 11.7. The fourth-order valence-corrected chi connectivity index (χ4v) is 1.01. The number of hydroxylamine groups is 2. The predicted octanol–water partition coefficient (Wildman–Crippen LogP) is -1.84. The van der Waals surface area contributed by atoms with E-state index in [4.69, 9.17) is 21.8 Å². The summed E-state index contributed by atoms with van der Waals surface area (Å²) in [6.45, 7) is 9.29. The summed E-state index contributed by atoms with van der Waals surface area (Å²) in [7, 11) is 0. The molecule has 1 unspecified atom stereocenters. The first-order chi connectivity index (χ1) is 8.58. The minimum Gasteiger partial charge on any atom is -0.392 e. The van der Waals surface area contributed by atoms with Gasteiger partial charge in [0.1, 0.15) is 0 Å². The maximum atomic E-state index is 8.92. The van der Waals surface area contributed by atoms with Crippen molar-refractivity contribution in [2.45, 2.75) is 20.0 Å². The molecule has 0 amide bonds. The molecule has 112 valence electrons. The molecule has 0 saturated heterocycles. The van der Waals surface area contributed by atoms with Crippen LogP contribution < -0.4 is 22.1 Å². The lowest BCUT2D eigenvalue weighted by atomic mass is 10.4. The van der Waals surface area contributed by atoms with Gasteiger partial charge in [0.2, 0.25) is 0 Å². The van der Waals surface area contributed by atoms with Crippen LogP contribution in [0.4, 0.5) is 0 Å². The molecule has 0 radical (unpaired) electrons. The standard InChI is InChI=1S/C6H17N3O.C5H14N2O/c1-2-9(10)6-5-8-4-3-7;1-5(8)4-7-3-2-6/h8,10H,2-7H2,1H3;5,7-8H,2-4,6H2,1H3. The van der Waals surface area contributed by atoms with Crippen LogP contribution >= 0.6 is 0 Å². The Bertz CT molecular complexity index is 149. The fourth-order valence-electron chi connectivity index (χ4n) is 1.01. The van der Waals surface area contributed by atoms with Crippen molar-refractivity contribution in [2.24, 2.45) is 11.5 Å². The molecular formula is C11H31N5O2. The van der Waals surface area contributed by atoms with Gasteiger partial charge >= 0.3 is 0 Å². The van der Waals surface area contributed by atoms with Crippen LogP contribution in [0, 0.1) is 0 Å². The molecule has 0 aromatic carbocycles. The molecule has 0 spiro atoms. The Labute approximate surface area is 110 Å². The number of aliphatic hydroxyl groups is 1. The van der Waals surface area contributed by atoms with E-state index in [2.05, 4.69) is 10.6 Å². The molecule has 0 heterocycles. The van der Waals surface area contributed by atoms with Crippen LogP contribution in [0.25, 0.3) is 0 Å². The SMILES string of the molecule is CC(O)CNCCN.CCN(O)CCNCCN. The Balaban J connectivity index is 0. The number of rotatable bonds is 10. The van der Waals surface area contributed by atoms with Gasteiger partial charge in [0, 0.05) is 52.4 Å². The Hall–Kier alpha value is -0.280. The van der Waals surface area contributed by atoms with Crippen molar-refractivity contribution in [2.75, 3.05) is 52.4 Å².